The number of rotatable bonds is 5. The smallest absolute Gasteiger partial charge is 0.158 e. The lowest BCUT2D eigenvalue weighted by Crippen LogP contribution is -2.16. The highest BCUT2D eigenvalue weighted by molar-refractivity contribution is 14.1. The molecule has 0 aliphatic rings. The molecule has 0 aliphatic carbocycles. The molecule has 2 aromatic heterocycles. The molecule has 1 N–H and O–H groups in total. The number of nitrogens with zero attached hydrogens (tertiary/aromatic N) is 3. The van der Waals surface area contributed by atoms with E-state index in [9.17, 15) is 4.39 Å². The van der Waals surface area contributed by atoms with Crippen LogP contribution in [0.2, 0.25) is 0 Å². The van der Waals surface area contributed by atoms with Gasteiger partial charge >= 0.3 is 0 Å². The topological polar surface area (TPSA) is 42.7 Å². The van der Waals surface area contributed by atoms with Crippen LogP contribution in [0, 0.1) is 9.39 Å². The molecule has 0 saturated heterocycles. The third kappa shape index (κ3) is 3.26. The largest absolute Gasteiger partial charge is 0.313 e. The summed E-state index contributed by atoms with van der Waals surface area (Å²) in [4.78, 5) is 4.12. The molecule has 96 valence electrons. The predicted octanol–water partition coefficient (Wildman–Crippen LogP) is 2.51. The summed E-state index contributed by atoms with van der Waals surface area (Å²) in [6, 6.07) is 1.50. The molecule has 4 nitrogen and oxygen atoms in total. The third-order valence-corrected chi connectivity index (χ3v) is 2.98. The molecule has 0 amide bonds. The Morgan fingerprint density at radius 3 is 2.94 bits per heavy atom. The van der Waals surface area contributed by atoms with E-state index in [0.29, 0.717) is 12.4 Å². The second kappa shape index (κ2) is 6.24. The molecule has 0 fully saturated rings. The Labute approximate surface area is 119 Å². The summed E-state index contributed by atoms with van der Waals surface area (Å²) in [5.41, 5.74) is 0.808. The first-order chi connectivity index (χ1) is 8.70. The van der Waals surface area contributed by atoms with Gasteiger partial charge in [0.1, 0.15) is 5.82 Å². The van der Waals surface area contributed by atoms with E-state index in [1.807, 2.05) is 6.20 Å². The maximum absolute atomic E-state index is 13.3. The van der Waals surface area contributed by atoms with Crippen molar-refractivity contribution in [3.8, 4) is 5.82 Å². The highest BCUT2D eigenvalue weighted by Crippen LogP contribution is 2.14. The Balaban J connectivity index is 2.28. The monoisotopic (exact) mass is 360 g/mol. The molecule has 0 bridgehead atoms. The van der Waals surface area contributed by atoms with Crippen molar-refractivity contribution in [3.63, 3.8) is 0 Å². The van der Waals surface area contributed by atoms with Crippen molar-refractivity contribution >= 4 is 22.6 Å². The molecular weight excluding hydrogens is 346 g/mol. The lowest BCUT2D eigenvalue weighted by Gasteiger charge is -2.09. The van der Waals surface area contributed by atoms with E-state index in [4.69, 9.17) is 0 Å². The van der Waals surface area contributed by atoms with Crippen molar-refractivity contribution in [3.05, 3.63) is 39.6 Å². The molecule has 0 radical (unpaired) electrons. The summed E-state index contributed by atoms with van der Waals surface area (Å²) in [6.45, 7) is 3.57. The zero-order valence-electron chi connectivity index (χ0n) is 10.0. The van der Waals surface area contributed by atoms with Crippen LogP contribution in [-0.2, 0) is 6.54 Å². The van der Waals surface area contributed by atoms with Crippen LogP contribution in [0.4, 0.5) is 4.39 Å². The van der Waals surface area contributed by atoms with Crippen molar-refractivity contribution in [2.24, 2.45) is 0 Å². The van der Waals surface area contributed by atoms with Gasteiger partial charge in [0.05, 0.1) is 16.0 Å². The van der Waals surface area contributed by atoms with Crippen molar-refractivity contribution in [1.29, 1.82) is 0 Å². The van der Waals surface area contributed by atoms with Crippen LogP contribution in [0.5, 0.6) is 0 Å². The van der Waals surface area contributed by atoms with Gasteiger partial charge in [-0.15, -0.1) is 0 Å². The number of halogens is 2. The molecule has 2 aromatic rings. The second-order valence-electron chi connectivity index (χ2n) is 3.92. The van der Waals surface area contributed by atoms with Gasteiger partial charge in [0, 0.05) is 18.3 Å². The summed E-state index contributed by atoms with van der Waals surface area (Å²) in [6.07, 6.45) is 5.86. The highest BCUT2D eigenvalue weighted by Gasteiger charge is 2.09. The molecule has 0 aromatic carbocycles. The molecule has 0 atom stereocenters. The standard InChI is InChI=1S/C12H14FIN4/c1-2-3-15-5-9-4-10(13)6-16-12(9)18-8-11(14)7-17-18/h4,6-8,15H,2-3,5H2,1H3. The van der Waals surface area contributed by atoms with E-state index in [1.165, 1.54) is 12.3 Å². The predicted molar refractivity (Wildman–Crippen MR) is 76.0 cm³/mol. The molecule has 0 saturated carbocycles. The number of hydrogen-bond donors (Lipinski definition) is 1. The molecular formula is C12H14FIN4. The van der Waals surface area contributed by atoms with E-state index in [1.54, 1.807) is 10.9 Å². The molecule has 2 rings (SSSR count). The van der Waals surface area contributed by atoms with Gasteiger partial charge in [-0.2, -0.15) is 5.10 Å². The number of pyridine rings is 1. The fraction of sp³-hybridized carbons (Fsp3) is 0.333. The fourth-order valence-corrected chi connectivity index (χ4v) is 2.02. The van der Waals surface area contributed by atoms with Gasteiger partial charge < -0.3 is 5.32 Å². The van der Waals surface area contributed by atoms with Crippen LogP contribution < -0.4 is 5.32 Å². The summed E-state index contributed by atoms with van der Waals surface area (Å²) in [5, 5.41) is 7.45. The van der Waals surface area contributed by atoms with Crippen LogP contribution in [0.1, 0.15) is 18.9 Å². The molecule has 0 spiro atoms. The minimum absolute atomic E-state index is 0.325. The maximum atomic E-state index is 13.3. The second-order valence-corrected chi connectivity index (χ2v) is 5.16. The average molecular weight is 360 g/mol. The Morgan fingerprint density at radius 1 is 1.44 bits per heavy atom. The van der Waals surface area contributed by atoms with E-state index in [0.717, 1.165) is 22.1 Å². The Bertz CT molecular complexity index is 527. The lowest BCUT2D eigenvalue weighted by molar-refractivity contribution is 0.607. The first-order valence-corrected chi connectivity index (χ1v) is 6.84. The molecule has 0 unspecified atom stereocenters. The van der Waals surface area contributed by atoms with Gasteiger partial charge in [-0.25, -0.2) is 14.1 Å². The molecule has 18 heavy (non-hydrogen) atoms. The zero-order chi connectivity index (χ0) is 13.0. The van der Waals surface area contributed by atoms with Crippen LogP contribution in [0.25, 0.3) is 5.82 Å². The lowest BCUT2D eigenvalue weighted by atomic mass is 10.2. The highest BCUT2D eigenvalue weighted by atomic mass is 127. The molecule has 0 aliphatic heterocycles. The van der Waals surface area contributed by atoms with Gasteiger partial charge in [-0.1, -0.05) is 6.92 Å². The van der Waals surface area contributed by atoms with Crippen molar-refractivity contribution in [1.82, 2.24) is 20.1 Å². The Hall–Kier alpha value is -1.02. The number of hydrogen-bond acceptors (Lipinski definition) is 3. The summed E-state index contributed by atoms with van der Waals surface area (Å²) in [7, 11) is 0. The number of nitrogens with one attached hydrogen (secondary N) is 1. The first-order valence-electron chi connectivity index (χ1n) is 5.76. The van der Waals surface area contributed by atoms with Crippen molar-refractivity contribution in [2.45, 2.75) is 19.9 Å². The maximum Gasteiger partial charge on any atom is 0.158 e. The average Bonchev–Trinajstić information content (AvgIpc) is 2.76. The van der Waals surface area contributed by atoms with E-state index < -0.39 is 0 Å². The minimum atomic E-state index is -0.325. The van der Waals surface area contributed by atoms with E-state index >= 15 is 0 Å². The number of aromatic nitrogens is 3. The van der Waals surface area contributed by atoms with Crippen LogP contribution in [0.15, 0.2) is 24.7 Å². The van der Waals surface area contributed by atoms with Gasteiger partial charge in [-0.3, -0.25) is 0 Å². The zero-order valence-corrected chi connectivity index (χ0v) is 12.2. The minimum Gasteiger partial charge on any atom is -0.313 e. The van der Waals surface area contributed by atoms with Crippen LogP contribution >= 0.6 is 22.6 Å². The van der Waals surface area contributed by atoms with Gasteiger partial charge in [0.2, 0.25) is 0 Å². The van der Waals surface area contributed by atoms with E-state index in [2.05, 4.69) is 44.9 Å². The van der Waals surface area contributed by atoms with Gasteiger partial charge in [0.25, 0.3) is 0 Å². The van der Waals surface area contributed by atoms with Crippen molar-refractivity contribution < 1.29 is 4.39 Å². The SMILES string of the molecule is CCCNCc1cc(F)cnc1-n1cc(I)cn1. The van der Waals surface area contributed by atoms with E-state index in [-0.39, 0.29) is 5.82 Å². The summed E-state index contributed by atoms with van der Waals surface area (Å²) in [5.74, 6) is 0.344. The summed E-state index contributed by atoms with van der Waals surface area (Å²) < 4.78 is 15.9. The summed E-state index contributed by atoms with van der Waals surface area (Å²) >= 11 is 2.18. The fourth-order valence-electron chi connectivity index (χ4n) is 1.63. The first kappa shape index (κ1) is 13.4. The van der Waals surface area contributed by atoms with Gasteiger partial charge in [-0.05, 0) is 41.6 Å². The normalized spacial score (nSPS) is 10.8. The van der Waals surface area contributed by atoms with Crippen LogP contribution in [-0.4, -0.2) is 21.3 Å². The molecule has 6 heteroatoms. The van der Waals surface area contributed by atoms with Crippen molar-refractivity contribution in [2.75, 3.05) is 6.54 Å². The molecule has 2 heterocycles. The third-order valence-electron chi connectivity index (χ3n) is 2.42. The quantitative estimate of drug-likeness (QED) is 0.658. The van der Waals surface area contributed by atoms with Gasteiger partial charge in [0.15, 0.2) is 5.82 Å². The van der Waals surface area contributed by atoms with Crippen LogP contribution in [0.3, 0.4) is 0 Å². The Kier molecular flexibility index (Phi) is 4.65. The Morgan fingerprint density at radius 2 is 2.28 bits per heavy atom.